The number of amides is 2. The number of hydrogen-bond donors (Lipinski definition) is 1. The van der Waals surface area contributed by atoms with Crippen molar-refractivity contribution in [3.05, 3.63) is 71.3 Å². The second-order valence-corrected chi connectivity index (χ2v) is 7.58. The maximum atomic E-state index is 12.5. The Morgan fingerprint density at radius 2 is 2.00 bits per heavy atom. The van der Waals surface area contributed by atoms with Crippen molar-refractivity contribution in [2.24, 2.45) is 5.92 Å². The fourth-order valence-corrected chi connectivity index (χ4v) is 3.75. The zero-order chi connectivity index (χ0) is 19.8. The highest BCUT2D eigenvalue weighted by Gasteiger charge is 2.21. The van der Waals surface area contributed by atoms with Crippen LogP contribution in [0.15, 0.2) is 54.6 Å². The maximum absolute atomic E-state index is 12.5. The Hall–Kier alpha value is -2.84. The van der Waals surface area contributed by atoms with E-state index in [9.17, 15) is 4.79 Å². The highest BCUT2D eigenvalue weighted by molar-refractivity contribution is 5.73. The summed E-state index contributed by atoms with van der Waals surface area (Å²) in [4.78, 5) is 16.6. The quantitative estimate of drug-likeness (QED) is 0.838. The molecular formula is C23H28N4O. The summed E-state index contributed by atoms with van der Waals surface area (Å²) in [5.74, 6) is 0.483. The van der Waals surface area contributed by atoms with Gasteiger partial charge in [0.25, 0.3) is 0 Å². The molecule has 5 nitrogen and oxygen atoms in total. The molecule has 2 aromatic carbocycles. The molecule has 3 rings (SSSR count). The minimum Gasteiger partial charge on any atom is -0.338 e. The number of rotatable bonds is 6. The summed E-state index contributed by atoms with van der Waals surface area (Å²) in [6.07, 6.45) is 2.32. The Kier molecular flexibility index (Phi) is 7.05. The number of piperidine rings is 1. The third kappa shape index (κ3) is 5.83. The number of carbonyl (C=O) groups excluding carboxylic acids is 1. The normalized spacial score (nSPS) is 16.9. The summed E-state index contributed by atoms with van der Waals surface area (Å²) in [5, 5.41) is 12.1. The molecule has 1 fully saturated rings. The minimum absolute atomic E-state index is 0.0671. The molecule has 2 amide bonds. The fourth-order valence-electron chi connectivity index (χ4n) is 3.75. The lowest BCUT2D eigenvalue weighted by Crippen LogP contribution is -2.43. The van der Waals surface area contributed by atoms with Gasteiger partial charge in [0.2, 0.25) is 0 Å². The van der Waals surface area contributed by atoms with Crippen molar-refractivity contribution >= 4 is 6.03 Å². The van der Waals surface area contributed by atoms with Crippen LogP contribution in [0.3, 0.4) is 0 Å². The van der Waals surface area contributed by atoms with E-state index in [2.05, 4.69) is 40.6 Å². The summed E-state index contributed by atoms with van der Waals surface area (Å²) < 4.78 is 0. The third-order valence-corrected chi connectivity index (χ3v) is 5.22. The van der Waals surface area contributed by atoms with Crippen LogP contribution in [-0.2, 0) is 13.1 Å². The second-order valence-electron chi connectivity index (χ2n) is 7.58. The van der Waals surface area contributed by atoms with E-state index in [1.165, 1.54) is 12.0 Å². The van der Waals surface area contributed by atoms with Crippen LogP contribution in [0.25, 0.3) is 0 Å². The topological polar surface area (TPSA) is 59.4 Å². The molecule has 1 heterocycles. The van der Waals surface area contributed by atoms with Gasteiger partial charge >= 0.3 is 6.03 Å². The van der Waals surface area contributed by atoms with E-state index in [0.717, 1.165) is 31.6 Å². The first kappa shape index (κ1) is 19.9. The number of hydrogen-bond acceptors (Lipinski definition) is 3. The first-order valence-electron chi connectivity index (χ1n) is 9.88. The van der Waals surface area contributed by atoms with Gasteiger partial charge in [-0.15, -0.1) is 0 Å². The largest absolute Gasteiger partial charge is 0.338 e. The van der Waals surface area contributed by atoms with Gasteiger partial charge in [-0.3, -0.25) is 4.90 Å². The van der Waals surface area contributed by atoms with Crippen LogP contribution in [0.5, 0.6) is 0 Å². The van der Waals surface area contributed by atoms with Crippen LogP contribution in [0.2, 0.25) is 0 Å². The number of nitrogens with one attached hydrogen (secondary N) is 1. The molecule has 1 saturated heterocycles. The van der Waals surface area contributed by atoms with Crippen LogP contribution in [0.4, 0.5) is 4.79 Å². The zero-order valence-electron chi connectivity index (χ0n) is 16.5. The van der Waals surface area contributed by atoms with Crippen molar-refractivity contribution < 1.29 is 4.79 Å². The molecule has 0 radical (unpaired) electrons. The Labute approximate surface area is 167 Å². The average molecular weight is 377 g/mol. The number of nitriles is 1. The van der Waals surface area contributed by atoms with Crippen molar-refractivity contribution in [1.82, 2.24) is 15.1 Å². The van der Waals surface area contributed by atoms with Gasteiger partial charge in [-0.25, -0.2) is 4.79 Å². The number of likely N-dealkylation sites (tertiary alicyclic amines) is 1. The lowest BCUT2D eigenvalue weighted by atomic mass is 9.97. The van der Waals surface area contributed by atoms with Gasteiger partial charge in [0, 0.05) is 33.2 Å². The maximum Gasteiger partial charge on any atom is 0.317 e. The van der Waals surface area contributed by atoms with E-state index >= 15 is 0 Å². The van der Waals surface area contributed by atoms with Gasteiger partial charge < -0.3 is 10.2 Å². The lowest BCUT2D eigenvalue weighted by molar-refractivity contribution is 0.161. The van der Waals surface area contributed by atoms with Gasteiger partial charge in [0.15, 0.2) is 0 Å². The molecule has 146 valence electrons. The highest BCUT2D eigenvalue weighted by Crippen LogP contribution is 2.18. The van der Waals surface area contributed by atoms with Crippen LogP contribution >= 0.6 is 0 Å². The number of benzene rings is 2. The summed E-state index contributed by atoms with van der Waals surface area (Å²) in [6, 6.07) is 20.0. The Morgan fingerprint density at radius 3 is 2.79 bits per heavy atom. The van der Waals surface area contributed by atoms with E-state index < -0.39 is 0 Å². The van der Waals surface area contributed by atoms with Crippen molar-refractivity contribution in [2.45, 2.75) is 25.9 Å². The molecule has 1 aliphatic rings. The van der Waals surface area contributed by atoms with Crippen molar-refractivity contribution in [3.8, 4) is 6.07 Å². The van der Waals surface area contributed by atoms with Crippen molar-refractivity contribution in [2.75, 3.05) is 26.7 Å². The second kappa shape index (κ2) is 9.91. The SMILES string of the molecule is CN(Cc1cccc(C#N)c1)C(=O)NC[C@@H]1CCCN(Cc2ccccc2)C1. The molecule has 1 N–H and O–H groups in total. The number of urea groups is 1. The predicted molar refractivity (Wildman–Crippen MR) is 110 cm³/mol. The molecular weight excluding hydrogens is 348 g/mol. The summed E-state index contributed by atoms with van der Waals surface area (Å²) in [6.45, 7) is 4.30. The molecule has 0 saturated carbocycles. The number of nitrogens with zero attached hydrogens (tertiary/aromatic N) is 3. The monoisotopic (exact) mass is 376 g/mol. The van der Waals surface area contributed by atoms with Crippen LogP contribution in [-0.4, -0.2) is 42.5 Å². The van der Waals surface area contributed by atoms with Crippen LogP contribution < -0.4 is 5.32 Å². The first-order valence-corrected chi connectivity index (χ1v) is 9.88. The molecule has 0 bridgehead atoms. The zero-order valence-corrected chi connectivity index (χ0v) is 16.5. The van der Waals surface area contributed by atoms with E-state index in [-0.39, 0.29) is 6.03 Å². The molecule has 28 heavy (non-hydrogen) atoms. The molecule has 0 unspecified atom stereocenters. The van der Waals surface area contributed by atoms with E-state index in [0.29, 0.717) is 24.6 Å². The molecule has 0 aliphatic carbocycles. The van der Waals surface area contributed by atoms with Gasteiger partial charge in [-0.05, 0) is 48.6 Å². The minimum atomic E-state index is -0.0671. The van der Waals surface area contributed by atoms with Gasteiger partial charge in [0.05, 0.1) is 11.6 Å². The molecule has 0 spiro atoms. The number of carbonyl (C=O) groups is 1. The van der Waals surface area contributed by atoms with Gasteiger partial charge in [0.1, 0.15) is 0 Å². The Morgan fingerprint density at radius 1 is 1.21 bits per heavy atom. The molecule has 5 heteroatoms. The summed E-state index contributed by atoms with van der Waals surface area (Å²) >= 11 is 0. The van der Waals surface area contributed by atoms with Gasteiger partial charge in [-0.1, -0.05) is 42.5 Å². The third-order valence-electron chi connectivity index (χ3n) is 5.22. The predicted octanol–water partition coefficient (Wildman–Crippen LogP) is 3.61. The van der Waals surface area contributed by atoms with Crippen molar-refractivity contribution in [1.29, 1.82) is 5.26 Å². The van der Waals surface area contributed by atoms with Crippen molar-refractivity contribution in [3.63, 3.8) is 0 Å². The van der Waals surface area contributed by atoms with Gasteiger partial charge in [-0.2, -0.15) is 5.26 Å². The summed E-state index contributed by atoms with van der Waals surface area (Å²) in [5.41, 5.74) is 2.92. The molecule has 1 aliphatic heterocycles. The highest BCUT2D eigenvalue weighted by atomic mass is 16.2. The standard InChI is InChI=1S/C23H28N4O/c1-26(16-21-10-5-9-20(13-21)14-24)23(28)25-15-22-11-6-12-27(18-22)17-19-7-3-2-4-8-19/h2-5,7-10,13,22H,6,11-12,15-18H2,1H3,(H,25,28)/t22-/m0/s1. The fraction of sp³-hybridized carbons (Fsp3) is 0.391. The van der Waals surface area contributed by atoms with E-state index in [1.54, 1.807) is 18.0 Å². The Bertz CT molecular complexity index is 815. The first-order chi connectivity index (χ1) is 13.6. The van der Waals surface area contributed by atoms with E-state index in [1.807, 2.05) is 24.3 Å². The molecule has 2 aromatic rings. The summed E-state index contributed by atoms with van der Waals surface area (Å²) in [7, 11) is 1.79. The van der Waals surface area contributed by atoms with Crippen LogP contribution in [0, 0.1) is 17.2 Å². The lowest BCUT2D eigenvalue weighted by Gasteiger charge is -2.33. The molecule has 1 atom stereocenters. The smallest absolute Gasteiger partial charge is 0.317 e. The van der Waals surface area contributed by atoms with Crippen LogP contribution in [0.1, 0.15) is 29.5 Å². The molecule has 0 aromatic heterocycles. The Balaban J connectivity index is 1.45. The van der Waals surface area contributed by atoms with E-state index in [4.69, 9.17) is 5.26 Å². The average Bonchev–Trinajstić information content (AvgIpc) is 2.73.